The fraction of sp³-hybridized carbons (Fsp3) is 0.312. The zero-order chi connectivity index (χ0) is 19.3. The van der Waals surface area contributed by atoms with Gasteiger partial charge in [-0.2, -0.15) is 5.26 Å². The van der Waals surface area contributed by atoms with E-state index in [1.54, 1.807) is 11.0 Å². The van der Waals surface area contributed by atoms with E-state index in [1.165, 1.54) is 18.3 Å². The average molecular weight is 379 g/mol. The van der Waals surface area contributed by atoms with Crippen LogP contribution in [0.1, 0.15) is 12.8 Å². The predicted octanol–water partition coefficient (Wildman–Crippen LogP) is 2.39. The number of amides is 1. The maximum atomic E-state index is 12.2. The monoisotopic (exact) mass is 378 g/mol. The third-order valence-electron chi connectivity index (χ3n) is 3.96. The first-order chi connectivity index (χ1) is 12.3. The molecule has 1 heterocycles. The molecule has 0 bridgehead atoms. The number of aliphatic carboxylic acids is 1. The van der Waals surface area contributed by atoms with Crippen molar-refractivity contribution in [1.82, 2.24) is 4.90 Å². The molecule has 1 aromatic carbocycles. The molecule has 136 valence electrons. The summed E-state index contributed by atoms with van der Waals surface area (Å²) in [4.78, 5) is 35.1. The van der Waals surface area contributed by atoms with Crippen molar-refractivity contribution in [2.24, 2.45) is 5.92 Å². The van der Waals surface area contributed by atoms with Gasteiger partial charge in [0.25, 0.3) is 11.6 Å². The first kappa shape index (κ1) is 19.2. The van der Waals surface area contributed by atoms with Gasteiger partial charge in [-0.25, -0.2) is 0 Å². The zero-order valence-electron chi connectivity index (χ0n) is 13.5. The second-order valence-corrected chi connectivity index (χ2v) is 6.09. The van der Waals surface area contributed by atoms with Gasteiger partial charge in [-0.3, -0.25) is 19.7 Å². The number of halogens is 1. The van der Waals surface area contributed by atoms with Crippen molar-refractivity contribution in [2.45, 2.75) is 12.8 Å². The summed E-state index contributed by atoms with van der Waals surface area (Å²) in [5.74, 6) is -1.99. The fourth-order valence-corrected chi connectivity index (χ4v) is 2.71. The molecule has 0 spiro atoms. The molecule has 1 saturated heterocycles. The molecule has 1 aliphatic heterocycles. The van der Waals surface area contributed by atoms with Crippen LogP contribution in [0.2, 0.25) is 5.02 Å². The van der Waals surface area contributed by atoms with Gasteiger partial charge in [0.15, 0.2) is 0 Å². The van der Waals surface area contributed by atoms with Gasteiger partial charge in [-0.05, 0) is 25.0 Å². The molecule has 26 heavy (non-hydrogen) atoms. The minimum atomic E-state index is -0.851. The Morgan fingerprint density at radius 3 is 2.62 bits per heavy atom. The highest BCUT2D eigenvalue weighted by atomic mass is 35.5. The zero-order valence-corrected chi connectivity index (χ0v) is 14.3. The number of carbonyl (C=O) groups is 2. The minimum absolute atomic E-state index is 0.0645. The Balaban J connectivity index is 2.08. The molecule has 0 aromatic heterocycles. The van der Waals surface area contributed by atoms with Crippen LogP contribution >= 0.6 is 11.6 Å². The lowest BCUT2D eigenvalue weighted by atomic mass is 9.97. The molecule has 0 atom stereocenters. The number of rotatable bonds is 5. The lowest BCUT2D eigenvalue weighted by molar-refractivity contribution is -0.384. The molecular weight excluding hydrogens is 364 g/mol. The molecule has 9 nitrogen and oxygen atoms in total. The Bertz CT molecular complexity index is 809. The van der Waals surface area contributed by atoms with E-state index in [9.17, 15) is 25.0 Å². The van der Waals surface area contributed by atoms with Gasteiger partial charge in [0.2, 0.25) is 0 Å². The predicted molar refractivity (Wildman–Crippen MR) is 92.4 cm³/mol. The van der Waals surface area contributed by atoms with E-state index >= 15 is 0 Å². The number of piperidine rings is 1. The van der Waals surface area contributed by atoms with Gasteiger partial charge in [-0.15, -0.1) is 0 Å². The first-order valence-corrected chi connectivity index (χ1v) is 8.03. The molecule has 0 saturated carbocycles. The number of hydrogen-bond donors (Lipinski definition) is 2. The Kier molecular flexibility index (Phi) is 6.14. The molecule has 1 fully saturated rings. The van der Waals surface area contributed by atoms with E-state index < -0.39 is 22.7 Å². The molecule has 0 radical (unpaired) electrons. The lowest BCUT2D eigenvalue weighted by Crippen LogP contribution is -2.33. The summed E-state index contributed by atoms with van der Waals surface area (Å²) in [7, 11) is 0. The summed E-state index contributed by atoms with van der Waals surface area (Å²) in [5.41, 5.74) is -0.407. The van der Waals surface area contributed by atoms with Crippen LogP contribution < -0.4 is 5.32 Å². The van der Waals surface area contributed by atoms with Crippen LogP contribution in [-0.4, -0.2) is 39.9 Å². The minimum Gasteiger partial charge on any atom is -0.481 e. The van der Waals surface area contributed by atoms with E-state index in [0.717, 1.165) is 6.07 Å². The summed E-state index contributed by atoms with van der Waals surface area (Å²) in [6, 6.07) is 5.56. The molecule has 2 N–H and O–H groups in total. The van der Waals surface area contributed by atoms with Gasteiger partial charge < -0.3 is 15.3 Å². The number of nitro groups is 1. The van der Waals surface area contributed by atoms with Gasteiger partial charge in [0.1, 0.15) is 16.7 Å². The number of benzene rings is 1. The maximum absolute atomic E-state index is 12.2. The van der Waals surface area contributed by atoms with Crippen LogP contribution in [0, 0.1) is 27.4 Å². The third kappa shape index (κ3) is 4.70. The number of nitrogens with zero attached hydrogens (tertiary/aromatic N) is 3. The van der Waals surface area contributed by atoms with Crippen LogP contribution in [0.15, 0.2) is 30.0 Å². The maximum Gasteiger partial charge on any atom is 0.306 e. The summed E-state index contributed by atoms with van der Waals surface area (Å²) >= 11 is 5.71. The molecule has 2 rings (SSSR count). The fourth-order valence-electron chi connectivity index (χ4n) is 2.53. The van der Waals surface area contributed by atoms with Crippen molar-refractivity contribution < 1.29 is 19.6 Å². The number of anilines is 1. The van der Waals surface area contributed by atoms with Crippen LogP contribution in [0.4, 0.5) is 11.4 Å². The van der Waals surface area contributed by atoms with Crippen LogP contribution in [0.25, 0.3) is 0 Å². The topological polar surface area (TPSA) is 137 Å². The largest absolute Gasteiger partial charge is 0.481 e. The number of carboxylic acid groups (broad SMARTS) is 1. The Morgan fingerprint density at radius 1 is 1.42 bits per heavy atom. The van der Waals surface area contributed by atoms with Crippen molar-refractivity contribution in [1.29, 1.82) is 5.26 Å². The molecule has 10 heteroatoms. The van der Waals surface area contributed by atoms with Crippen LogP contribution in [-0.2, 0) is 9.59 Å². The standard InChI is InChI=1S/C16H15ClN4O5/c17-13-2-1-12(7-14(13)21(25)26)19-15(22)11(8-18)9-20-5-3-10(4-6-20)16(23)24/h1-2,7,9-10H,3-6H2,(H,19,22)(H,23,24)/b11-9-. The Hall–Kier alpha value is -3.12. The van der Waals surface area contributed by atoms with E-state index in [4.69, 9.17) is 16.7 Å². The number of hydrogen-bond acceptors (Lipinski definition) is 6. The Morgan fingerprint density at radius 2 is 2.08 bits per heavy atom. The second-order valence-electron chi connectivity index (χ2n) is 5.68. The highest BCUT2D eigenvalue weighted by Crippen LogP contribution is 2.27. The number of nitriles is 1. The summed E-state index contributed by atoms with van der Waals surface area (Å²) < 4.78 is 0. The van der Waals surface area contributed by atoms with Crippen molar-refractivity contribution in [3.05, 3.63) is 45.1 Å². The average Bonchev–Trinajstić information content (AvgIpc) is 2.61. The number of carbonyl (C=O) groups excluding carboxylic acids is 1. The number of nitro benzene ring substituents is 1. The lowest BCUT2D eigenvalue weighted by Gasteiger charge is -2.29. The van der Waals surface area contributed by atoms with Crippen molar-refractivity contribution in [3.63, 3.8) is 0 Å². The highest BCUT2D eigenvalue weighted by molar-refractivity contribution is 6.32. The molecule has 1 aromatic rings. The SMILES string of the molecule is N#C/C(=C/N1CCC(C(=O)O)CC1)C(=O)Nc1ccc(Cl)c([N+](=O)[O-])c1. The summed E-state index contributed by atoms with van der Waals surface area (Å²) in [6.45, 7) is 0.837. The van der Waals surface area contributed by atoms with Crippen LogP contribution in [0.5, 0.6) is 0 Å². The number of likely N-dealkylation sites (tertiary alicyclic amines) is 1. The smallest absolute Gasteiger partial charge is 0.306 e. The van der Waals surface area contributed by atoms with E-state index in [-0.39, 0.29) is 22.0 Å². The van der Waals surface area contributed by atoms with Crippen molar-refractivity contribution in [2.75, 3.05) is 18.4 Å². The molecule has 1 amide bonds. The third-order valence-corrected chi connectivity index (χ3v) is 4.28. The van der Waals surface area contributed by atoms with Crippen molar-refractivity contribution >= 4 is 34.9 Å². The molecule has 0 aliphatic carbocycles. The van der Waals surface area contributed by atoms with Gasteiger partial charge in [0.05, 0.1) is 10.8 Å². The Labute approximate surface area is 153 Å². The van der Waals surface area contributed by atoms with Crippen LogP contribution in [0.3, 0.4) is 0 Å². The van der Waals surface area contributed by atoms with E-state index in [0.29, 0.717) is 25.9 Å². The summed E-state index contributed by atoms with van der Waals surface area (Å²) in [6.07, 6.45) is 2.23. The van der Waals surface area contributed by atoms with Gasteiger partial charge in [-0.1, -0.05) is 11.6 Å². The summed E-state index contributed by atoms with van der Waals surface area (Å²) in [5, 5.41) is 31.4. The highest BCUT2D eigenvalue weighted by Gasteiger charge is 2.24. The molecule has 1 aliphatic rings. The normalized spacial score (nSPS) is 15.2. The quantitative estimate of drug-likeness (QED) is 0.347. The van der Waals surface area contributed by atoms with Gasteiger partial charge in [0, 0.05) is 31.0 Å². The first-order valence-electron chi connectivity index (χ1n) is 7.66. The molecular formula is C16H15ClN4O5. The van der Waals surface area contributed by atoms with Crippen molar-refractivity contribution in [3.8, 4) is 6.07 Å². The second kappa shape index (κ2) is 8.31. The van der Waals surface area contributed by atoms with Gasteiger partial charge >= 0.3 is 5.97 Å². The number of carboxylic acids is 1. The van der Waals surface area contributed by atoms with E-state index in [2.05, 4.69) is 5.32 Å². The number of nitrogens with one attached hydrogen (secondary N) is 1. The molecule has 0 unspecified atom stereocenters. The van der Waals surface area contributed by atoms with E-state index in [1.807, 2.05) is 0 Å².